The van der Waals surface area contributed by atoms with Crippen LogP contribution in [0, 0.1) is 6.92 Å². The molecule has 0 aliphatic rings. The summed E-state index contributed by atoms with van der Waals surface area (Å²) in [6.45, 7) is 4.74. The number of rotatable bonds is 4. The van der Waals surface area contributed by atoms with Crippen LogP contribution in [0.2, 0.25) is 0 Å². The lowest BCUT2D eigenvalue weighted by Gasteiger charge is -2.05. The van der Waals surface area contributed by atoms with Crippen LogP contribution in [0.5, 0.6) is 0 Å². The van der Waals surface area contributed by atoms with Gasteiger partial charge in [0, 0.05) is 13.6 Å². The fourth-order valence-corrected chi connectivity index (χ4v) is 2.53. The Balaban J connectivity index is 2.39. The molecule has 2 heterocycles. The summed E-state index contributed by atoms with van der Waals surface area (Å²) in [7, 11) is 1.66. The summed E-state index contributed by atoms with van der Waals surface area (Å²) in [6.07, 6.45) is 0.966. The molecule has 18 heavy (non-hydrogen) atoms. The average molecular weight is 268 g/mol. The van der Waals surface area contributed by atoms with Gasteiger partial charge in [-0.1, -0.05) is 6.92 Å². The molecule has 2 aromatic heterocycles. The first kappa shape index (κ1) is 12.7. The average Bonchev–Trinajstić information content (AvgIpc) is 2.78. The third-order valence-corrected chi connectivity index (χ3v) is 3.76. The van der Waals surface area contributed by atoms with Crippen LogP contribution in [0.15, 0.2) is 15.0 Å². The van der Waals surface area contributed by atoms with E-state index in [1.165, 1.54) is 16.3 Å². The SMILES string of the molecule is CCCn1nc(C)c(N)c1Sc1n[nH]c(=O)n1C. The fourth-order valence-electron chi connectivity index (χ4n) is 1.56. The number of aromatic amines is 1. The molecule has 0 saturated heterocycles. The molecule has 0 aliphatic carbocycles. The number of aryl methyl sites for hydroxylation is 2. The number of nitrogens with zero attached hydrogens (tertiary/aromatic N) is 4. The molecule has 0 aliphatic heterocycles. The van der Waals surface area contributed by atoms with Crippen LogP contribution in [0.25, 0.3) is 0 Å². The van der Waals surface area contributed by atoms with Crippen LogP contribution in [-0.4, -0.2) is 24.5 Å². The van der Waals surface area contributed by atoms with Crippen LogP contribution in [0.4, 0.5) is 5.69 Å². The van der Waals surface area contributed by atoms with E-state index in [2.05, 4.69) is 22.2 Å². The second-order valence-corrected chi connectivity index (χ2v) is 4.96. The van der Waals surface area contributed by atoms with Gasteiger partial charge in [0.15, 0.2) is 5.16 Å². The Morgan fingerprint density at radius 2 is 2.22 bits per heavy atom. The summed E-state index contributed by atoms with van der Waals surface area (Å²) in [4.78, 5) is 11.3. The molecule has 0 saturated carbocycles. The molecule has 2 aromatic rings. The number of anilines is 1. The van der Waals surface area contributed by atoms with E-state index < -0.39 is 0 Å². The molecule has 0 bridgehead atoms. The molecule has 0 fully saturated rings. The molecule has 0 spiro atoms. The predicted molar refractivity (Wildman–Crippen MR) is 69.6 cm³/mol. The molecule has 0 radical (unpaired) electrons. The zero-order valence-electron chi connectivity index (χ0n) is 10.6. The molecule has 98 valence electrons. The monoisotopic (exact) mass is 268 g/mol. The summed E-state index contributed by atoms with van der Waals surface area (Å²) >= 11 is 1.35. The highest BCUT2D eigenvalue weighted by atomic mass is 32.2. The van der Waals surface area contributed by atoms with Gasteiger partial charge in [0.25, 0.3) is 0 Å². The first-order chi connectivity index (χ1) is 8.54. The summed E-state index contributed by atoms with van der Waals surface area (Å²) in [5.74, 6) is 0. The molecular formula is C10H16N6OS. The highest BCUT2D eigenvalue weighted by molar-refractivity contribution is 7.99. The van der Waals surface area contributed by atoms with E-state index in [0.29, 0.717) is 10.8 Å². The molecule has 0 unspecified atom stereocenters. The molecule has 0 amide bonds. The Labute approximate surface area is 108 Å². The minimum Gasteiger partial charge on any atom is -0.395 e. The molecule has 8 heteroatoms. The zero-order valence-corrected chi connectivity index (χ0v) is 11.4. The van der Waals surface area contributed by atoms with Crippen LogP contribution >= 0.6 is 11.8 Å². The van der Waals surface area contributed by atoms with Crippen LogP contribution in [-0.2, 0) is 13.6 Å². The van der Waals surface area contributed by atoms with E-state index >= 15 is 0 Å². The summed E-state index contributed by atoms with van der Waals surface area (Å²) in [5, 5.41) is 12.1. The van der Waals surface area contributed by atoms with Crippen molar-refractivity contribution < 1.29 is 0 Å². The Kier molecular flexibility index (Phi) is 3.46. The number of hydrogen-bond acceptors (Lipinski definition) is 5. The zero-order chi connectivity index (χ0) is 13.3. The second-order valence-electron chi connectivity index (χ2n) is 4.00. The standard InChI is InChI=1S/C10H16N6OS/c1-4-5-16-8(7(11)6(2)14-16)18-10-13-12-9(17)15(10)3/h4-5,11H2,1-3H3,(H,12,17). The van der Waals surface area contributed by atoms with E-state index in [-0.39, 0.29) is 5.69 Å². The van der Waals surface area contributed by atoms with Crippen molar-refractivity contribution in [2.24, 2.45) is 7.05 Å². The lowest BCUT2D eigenvalue weighted by Crippen LogP contribution is -2.13. The highest BCUT2D eigenvalue weighted by Crippen LogP contribution is 2.31. The maximum Gasteiger partial charge on any atom is 0.343 e. The molecule has 3 N–H and O–H groups in total. The predicted octanol–water partition coefficient (Wildman–Crippen LogP) is 0.757. The summed E-state index contributed by atoms with van der Waals surface area (Å²) in [6, 6.07) is 0. The highest BCUT2D eigenvalue weighted by Gasteiger charge is 2.16. The lowest BCUT2D eigenvalue weighted by molar-refractivity contribution is 0.555. The van der Waals surface area contributed by atoms with Gasteiger partial charge >= 0.3 is 5.69 Å². The van der Waals surface area contributed by atoms with Gasteiger partial charge in [0.2, 0.25) is 0 Å². The summed E-state index contributed by atoms with van der Waals surface area (Å²) in [5.41, 5.74) is 7.21. The molecule has 2 rings (SSSR count). The Morgan fingerprint density at radius 1 is 1.50 bits per heavy atom. The van der Waals surface area contributed by atoms with E-state index in [4.69, 9.17) is 5.73 Å². The molecule has 7 nitrogen and oxygen atoms in total. The van der Waals surface area contributed by atoms with Crippen molar-refractivity contribution in [3.05, 3.63) is 16.2 Å². The first-order valence-electron chi connectivity index (χ1n) is 5.66. The fraction of sp³-hybridized carbons (Fsp3) is 0.500. The van der Waals surface area contributed by atoms with Gasteiger partial charge in [-0.2, -0.15) is 5.10 Å². The van der Waals surface area contributed by atoms with Gasteiger partial charge in [-0.25, -0.2) is 9.89 Å². The lowest BCUT2D eigenvalue weighted by atomic mass is 10.4. The van der Waals surface area contributed by atoms with Crippen LogP contribution in [0.3, 0.4) is 0 Å². The van der Waals surface area contributed by atoms with Crippen LogP contribution < -0.4 is 11.4 Å². The molecule has 0 atom stereocenters. The quantitative estimate of drug-likeness (QED) is 0.853. The van der Waals surface area contributed by atoms with Crippen molar-refractivity contribution in [2.45, 2.75) is 37.0 Å². The number of hydrogen-bond donors (Lipinski definition) is 2. The number of nitrogen functional groups attached to an aromatic ring is 1. The van der Waals surface area contributed by atoms with Gasteiger partial charge in [-0.05, 0) is 25.1 Å². The summed E-state index contributed by atoms with van der Waals surface area (Å²) < 4.78 is 3.30. The minimum absolute atomic E-state index is 0.241. The smallest absolute Gasteiger partial charge is 0.343 e. The third-order valence-electron chi connectivity index (χ3n) is 2.59. The Morgan fingerprint density at radius 3 is 2.78 bits per heavy atom. The minimum atomic E-state index is -0.241. The van der Waals surface area contributed by atoms with Crippen LogP contribution in [0.1, 0.15) is 19.0 Å². The van der Waals surface area contributed by atoms with E-state index in [1.807, 2.05) is 11.6 Å². The van der Waals surface area contributed by atoms with Crippen molar-refractivity contribution in [1.29, 1.82) is 0 Å². The largest absolute Gasteiger partial charge is 0.395 e. The number of aromatic nitrogens is 5. The second kappa shape index (κ2) is 4.89. The maximum atomic E-state index is 11.3. The van der Waals surface area contributed by atoms with Crippen molar-refractivity contribution in [1.82, 2.24) is 24.5 Å². The van der Waals surface area contributed by atoms with Gasteiger partial charge in [-0.15, -0.1) is 5.10 Å². The van der Waals surface area contributed by atoms with E-state index in [9.17, 15) is 4.79 Å². The Hall–Kier alpha value is -1.70. The van der Waals surface area contributed by atoms with Crippen molar-refractivity contribution >= 4 is 17.4 Å². The normalized spacial score (nSPS) is 11.1. The van der Waals surface area contributed by atoms with Gasteiger partial charge in [0.05, 0.1) is 11.4 Å². The maximum absolute atomic E-state index is 11.3. The van der Waals surface area contributed by atoms with E-state index in [1.54, 1.807) is 7.05 Å². The number of nitrogens with one attached hydrogen (secondary N) is 1. The van der Waals surface area contributed by atoms with Gasteiger partial charge in [0.1, 0.15) is 5.03 Å². The third kappa shape index (κ3) is 2.15. The van der Waals surface area contributed by atoms with E-state index in [0.717, 1.165) is 23.7 Å². The molecule has 0 aromatic carbocycles. The van der Waals surface area contributed by atoms with Crippen molar-refractivity contribution in [3.63, 3.8) is 0 Å². The van der Waals surface area contributed by atoms with Crippen molar-refractivity contribution in [2.75, 3.05) is 5.73 Å². The number of H-pyrrole nitrogens is 1. The Bertz CT molecular complexity index is 610. The van der Waals surface area contributed by atoms with Gasteiger partial charge in [-0.3, -0.25) is 9.25 Å². The first-order valence-corrected chi connectivity index (χ1v) is 6.48. The topological polar surface area (TPSA) is 94.5 Å². The van der Waals surface area contributed by atoms with Gasteiger partial charge < -0.3 is 5.73 Å². The number of nitrogens with two attached hydrogens (primary N) is 1. The molecular weight excluding hydrogens is 252 g/mol. The van der Waals surface area contributed by atoms with Crippen molar-refractivity contribution in [3.8, 4) is 0 Å².